The summed E-state index contributed by atoms with van der Waals surface area (Å²) in [6.45, 7) is 10.5. The number of nitrogens with one attached hydrogen (secondary N) is 4. The lowest BCUT2D eigenvalue weighted by Gasteiger charge is -2.42. The Morgan fingerprint density at radius 2 is 1.08 bits per heavy atom. The first-order valence-corrected chi connectivity index (χ1v) is 29.5. The topological polar surface area (TPSA) is 250 Å². The third kappa shape index (κ3) is 17.9. The molecule has 18 nitrogen and oxygen atoms in total. The molecule has 5 fully saturated rings. The number of hydrogen-bond donors (Lipinski definition) is 4. The molecule has 4 amide bonds. The first kappa shape index (κ1) is 64.1. The fourth-order valence-corrected chi connectivity index (χ4v) is 13.0. The number of hydrazone groups is 1. The molecule has 5 aliphatic carbocycles. The van der Waals surface area contributed by atoms with Gasteiger partial charge in [0.1, 0.15) is 5.71 Å². The van der Waals surface area contributed by atoms with Crippen molar-refractivity contribution in [2.75, 3.05) is 6.54 Å². The van der Waals surface area contributed by atoms with E-state index >= 15 is 0 Å². The summed E-state index contributed by atoms with van der Waals surface area (Å²) < 4.78 is 3.23. The number of aromatic nitrogens is 4. The molecule has 7 rings (SSSR count). The van der Waals surface area contributed by atoms with Crippen molar-refractivity contribution in [1.29, 1.82) is 0 Å². The van der Waals surface area contributed by atoms with Crippen molar-refractivity contribution in [3.63, 3.8) is 0 Å². The van der Waals surface area contributed by atoms with E-state index in [1.165, 1.54) is 0 Å². The normalized spacial score (nSPS) is 21.2. The van der Waals surface area contributed by atoms with Crippen LogP contribution < -0.4 is 21.4 Å². The van der Waals surface area contributed by atoms with Crippen molar-refractivity contribution < 1.29 is 43.2 Å². The first-order chi connectivity index (χ1) is 37.1. The number of rotatable bonds is 28. The highest BCUT2D eigenvalue weighted by Gasteiger charge is 2.50. The average molecular weight is 1100 g/mol. The van der Waals surface area contributed by atoms with Crippen LogP contribution in [0.25, 0.3) is 0 Å². The maximum Gasteiger partial charge on any atom is 0.240 e. The lowest BCUT2D eigenvalue weighted by atomic mass is 9.61. The lowest BCUT2D eigenvalue weighted by Crippen LogP contribution is -2.50. The Bertz CT molecular complexity index is 2480. The van der Waals surface area contributed by atoms with E-state index in [0.717, 1.165) is 89.9 Å². The molecular formula is C61H95N9O9. The molecule has 0 saturated heterocycles. The smallest absolute Gasteiger partial charge is 0.240 e. The summed E-state index contributed by atoms with van der Waals surface area (Å²) in [4.78, 5) is 117. The Hall–Kier alpha value is -5.68. The second kappa shape index (κ2) is 29.2. The third-order valence-corrected chi connectivity index (χ3v) is 18.1. The van der Waals surface area contributed by atoms with Crippen LogP contribution in [-0.2, 0) is 70.1 Å². The summed E-state index contributed by atoms with van der Waals surface area (Å²) in [5.74, 6) is -1.41. The highest BCUT2D eigenvalue weighted by Crippen LogP contribution is 2.49. The molecule has 438 valence electrons. The van der Waals surface area contributed by atoms with Gasteiger partial charge in [0.05, 0.1) is 36.3 Å². The summed E-state index contributed by atoms with van der Waals surface area (Å²) in [7, 11) is 3.55. The van der Waals surface area contributed by atoms with E-state index in [2.05, 4.69) is 50.5 Å². The summed E-state index contributed by atoms with van der Waals surface area (Å²) in [6, 6.07) is 2.30. The van der Waals surface area contributed by atoms with E-state index in [1.807, 2.05) is 6.92 Å². The zero-order chi connectivity index (χ0) is 56.7. The highest BCUT2D eigenvalue weighted by atomic mass is 16.2. The molecule has 0 radical (unpaired) electrons. The van der Waals surface area contributed by atoms with Crippen LogP contribution in [0.1, 0.15) is 220 Å². The van der Waals surface area contributed by atoms with E-state index in [-0.39, 0.29) is 103 Å². The maximum atomic E-state index is 14.0. The number of amides is 4. The van der Waals surface area contributed by atoms with Crippen LogP contribution >= 0.6 is 0 Å². The van der Waals surface area contributed by atoms with E-state index in [0.29, 0.717) is 81.6 Å². The second-order valence-electron chi connectivity index (χ2n) is 24.6. The monoisotopic (exact) mass is 1100 g/mol. The molecule has 2 atom stereocenters. The highest BCUT2D eigenvalue weighted by molar-refractivity contribution is 6.43. The van der Waals surface area contributed by atoms with Crippen LogP contribution in [0.2, 0.25) is 0 Å². The van der Waals surface area contributed by atoms with E-state index in [4.69, 9.17) is 0 Å². The van der Waals surface area contributed by atoms with Crippen molar-refractivity contribution in [3.05, 3.63) is 35.9 Å². The molecule has 2 heterocycles. The molecule has 2 aromatic rings. The summed E-state index contributed by atoms with van der Waals surface area (Å²) in [6.07, 6.45) is 22.6. The van der Waals surface area contributed by atoms with Gasteiger partial charge in [-0.1, -0.05) is 73.6 Å². The summed E-state index contributed by atoms with van der Waals surface area (Å²) >= 11 is 0. The molecule has 4 N–H and O–H groups in total. The van der Waals surface area contributed by atoms with Gasteiger partial charge in [0.15, 0.2) is 17.3 Å². The average Bonchev–Trinajstić information content (AvgIpc) is 4.28. The molecular weight excluding hydrogens is 1000 g/mol. The van der Waals surface area contributed by atoms with Crippen LogP contribution in [-0.4, -0.2) is 96.4 Å². The predicted octanol–water partition coefficient (Wildman–Crippen LogP) is 8.45. The van der Waals surface area contributed by atoms with E-state index in [1.54, 1.807) is 61.8 Å². The van der Waals surface area contributed by atoms with Crippen LogP contribution in [0.4, 0.5) is 0 Å². The molecule has 2 aromatic heterocycles. The minimum Gasteiger partial charge on any atom is -0.356 e. The lowest BCUT2D eigenvalue weighted by molar-refractivity contribution is -0.148. The van der Waals surface area contributed by atoms with Crippen molar-refractivity contribution >= 4 is 58.3 Å². The number of ketones is 5. The summed E-state index contributed by atoms with van der Waals surface area (Å²) in [5, 5.41) is 21.9. The molecule has 79 heavy (non-hydrogen) atoms. The zero-order valence-electron chi connectivity index (χ0n) is 48.0. The van der Waals surface area contributed by atoms with Crippen LogP contribution in [0.15, 0.2) is 29.6 Å². The van der Waals surface area contributed by atoms with Crippen molar-refractivity contribution in [2.45, 2.75) is 234 Å². The number of hydrogen-bond acceptors (Lipinski definition) is 12. The van der Waals surface area contributed by atoms with Gasteiger partial charge in [-0.05, 0) is 132 Å². The van der Waals surface area contributed by atoms with Crippen LogP contribution in [0, 0.1) is 33.5 Å². The number of nitrogens with zero attached hydrogens (tertiary/aromatic N) is 5. The molecule has 0 bridgehead atoms. The number of carbonyl (C=O) groups is 9. The van der Waals surface area contributed by atoms with Gasteiger partial charge in [-0.2, -0.15) is 15.3 Å². The Morgan fingerprint density at radius 3 is 1.48 bits per heavy atom. The quantitative estimate of drug-likeness (QED) is 0.0357. The Balaban J connectivity index is 0.000000311. The fourth-order valence-electron chi connectivity index (χ4n) is 13.0. The molecule has 0 aliphatic heterocycles. The SMILES string of the molecule is C.CCC(=O)N[C@@H](CC1(C)CCCC1)C(=O)CC1(C(=O)C(=O)Cc2ccn(C)n2)CCC1.CCNC(=O)C1CCC(CCC(=O)N/N=C(\C(=O)Cc2ccn(C)n2)C2(CC(=O)[C@H](CC3(C)CCCC3)NC(=O)CC)CCC2)CC1. The Kier molecular flexibility index (Phi) is 23.7. The summed E-state index contributed by atoms with van der Waals surface area (Å²) in [5.41, 5.74) is 2.39. The van der Waals surface area contributed by atoms with Gasteiger partial charge in [0.2, 0.25) is 35.2 Å². The van der Waals surface area contributed by atoms with Crippen LogP contribution in [0.5, 0.6) is 0 Å². The van der Waals surface area contributed by atoms with E-state index in [9.17, 15) is 43.2 Å². The first-order valence-electron chi connectivity index (χ1n) is 29.5. The third-order valence-electron chi connectivity index (χ3n) is 18.1. The van der Waals surface area contributed by atoms with Crippen molar-refractivity contribution in [1.82, 2.24) is 40.9 Å². The number of aryl methyl sites for hydroxylation is 2. The Morgan fingerprint density at radius 1 is 0.620 bits per heavy atom. The molecule has 5 aliphatic rings. The van der Waals surface area contributed by atoms with Crippen molar-refractivity contribution in [2.24, 2.45) is 52.7 Å². The molecule has 0 unspecified atom stereocenters. The van der Waals surface area contributed by atoms with Gasteiger partial charge in [-0.3, -0.25) is 52.5 Å². The molecule has 18 heteroatoms. The van der Waals surface area contributed by atoms with Gasteiger partial charge in [-0.25, -0.2) is 5.43 Å². The molecule has 5 saturated carbocycles. The van der Waals surface area contributed by atoms with Crippen molar-refractivity contribution in [3.8, 4) is 0 Å². The number of Topliss-reactive ketones (excluding diaryl/α,β-unsaturated/α-hetero) is 5. The fraction of sp³-hybridized carbons (Fsp3) is 0.738. The van der Waals surface area contributed by atoms with Gasteiger partial charge in [-0.15, -0.1) is 0 Å². The van der Waals surface area contributed by atoms with Gasteiger partial charge in [0, 0.05) is 81.9 Å². The Labute approximate surface area is 469 Å². The second-order valence-corrected chi connectivity index (χ2v) is 24.6. The zero-order valence-corrected chi connectivity index (χ0v) is 48.0. The van der Waals surface area contributed by atoms with Crippen LogP contribution in [0.3, 0.4) is 0 Å². The standard InChI is InChI=1S/C36H56N6O5.C24H35N3O4.CH4/c1-5-31(45)38-28(23-35(3)17-7-8-18-35)30(44)24-36(19-9-20-36)33(29(43)22-27-16-21-42(4)41-27)40-39-32(46)15-12-25-10-13-26(14-11-25)34(47)37-6-2;1-4-21(30)25-18(15-23(2)9-5-6-10-23)20(29)16-24(11-7-12-24)22(31)19(28)14-17-8-13-27(3)26-17;/h16,21,25-26,28H,5-15,17-20,22-24H2,1-4H3,(H,37,47)(H,38,45)(H,39,46);8,13,18H,4-7,9-12,14-16H2,1-3H3,(H,25,30);1H4/b40-33+;;/t25?,26?,28-;18-;/m00./s1. The van der Waals surface area contributed by atoms with Gasteiger partial charge >= 0.3 is 0 Å². The predicted molar refractivity (Wildman–Crippen MR) is 303 cm³/mol. The van der Waals surface area contributed by atoms with E-state index < -0.39 is 34.5 Å². The van der Waals surface area contributed by atoms with Gasteiger partial charge in [0.25, 0.3) is 0 Å². The minimum atomic E-state index is -0.908. The largest absolute Gasteiger partial charge is 0.356 e. The maximum absolute atomic E-state index is 14.0. The number of carbonyl (C=O) groups excluding carboxylic acids is 9. The van der Waals surface area contributed by atoms with Gasteiger partial charge < -0.3 is 16.0 Å². The molecule has 0 spiro atoms. The minimum absolute atomic E-state index is 0. The molecule has 0 aromatic carbocycles.